The summed E-state index contributed by atoms with van der Waals surface area (Å²) in [7, 11) is 0. The van der Waals surface area contributed by atoms with Gasteiger partial charge in [-0.15, -0.1) is 0 Å². The van der Waals surface area contributed by atoms with Crippen molar-refractivity contribution in [3.8, 4) is 0 Å². The van der Waals surface area contributed by atoms with Gasteiger partial charge in [0.2, 0.25) is 6.41 Å². The first-order valence-corrected chi connectivity index (χ1v) is 5.71. The van der Waals surface area contributed by atoms with E-state index in [1.807, 2.05) is 6.08 Å². The highest BCUT2D eigenvalue weighted by molar-refractivity contribution is 5.75. The standard InChI is InChI=1S/C11H17N3O2/c15-9-13-5-7-14(8-6-13)11(16)12-4-3-10-1-2-10/h3-4,9-10H,1-2,5-8H2,(H,12,16)/b4-3+. The van der Waals surface area contributed by atoms with Crippen molar-refractivity contribution in [2.75, 3.05) is 26.2 Å². The molecule has 1 saturated heterocycles. The van der Waals surface area contributed by atoms with Crippen molar-refractivity contribution in [3.63, 3.8) is 0 Å². The molecule has 2 rings (SSSR count). The summed E-state index contributed by atoms with van der Waals surface area (Å²) in [5.41, 5.74) is 0. The van der Waals surface area contributed by atoms with E-state index in [1.165, 1.54) is 12.8 Å². The lowest BCUT2D eigenvalue weighted by atomic mass is 10.3. The summed E-state index contributed by atoms with van der Waals surface area (Å²) in [6, 6.07) is -0.0672. The zero-order valence-electron chi connectivity index (χ0n) is 9.26. The van der Waals surface area contributed by atoms with E-state index in [1.54, 1.807) is 16.0 Å². The van der Waals surface area contributed by atoms with Gasteiger partial charge in [-0.1, -0.05) is 6.08 Å². The smallest absolute Gasteiger partial charge is 0.321 e. The molecule has 1 aliphatic heterocycles. The molecule has 1 N–H and O–H groups in total. The van der Waals surface area contributed by atoms with Gasteiger partial charge in [0.05, 0.1) is 0 Å². The second-order valence-electron chi connectivity index (χ2n) is 4.27. The number of allylic oxidation sites excluding steroid dienone is 1. The average Bonchev–Trinajstić information content (AvgIpc) is 3.13. The third-order valence-corrected chi connectivity index (χ3v) is 2.95. The van der Waals surface area contributed by atoms with Crippen LogP contribution in [-0.4, -0.2) is 48.4 Å². The molecule has 88 valence electrons. The van der Waals surface area contributed by atoms with Crippen LogP contribution in [0, 0.1) is 5.92 Å². The molecule has 0 aromatic rings. The molecule has 5 nitrogen and oxygen atoms in total. The van der Waals surface area contributed by atoms with E-state index in [0.29, 0.717) is 32.1 Å². The Labute approximate surface area is 95.1 Å². The number of urea groups is 1. The van der Waals surface area contributed by atoms with Crippen LogP contribution < -0.4 is 5.32 Å². The summed E-state index contributed by atoms with van der Waals surface area (Å²) in [6.45, 7) is 2.48. The number of hydrogen-bond donors (Lipinski definition) is 1. The predicted octanol–water partition coefficient (Wildman–Crippen LogP) is 0.394. The third-order valence-electron chi connectivity index (χ3n) is 2.95. The lowest BCUT2D eigenvalue weighted by Gasteiger charge is -2.32. The fourth-order valence-corrected chi connectivity index (χ4v) is 1.67. The maximum Gasteiger partial charge on any atom is 0.321 e. The van der Waals surface area contributed by atoms with Crippen LogP contribution in [0.25, 0.3) is 0 Å². The predicted molar refractivity (Wildman–Crippen MR) is 59.6 cm³/mol. The molecular formula is C11H17N3O2. The monoisotopic (exact) mass is 223 g/mol. The fraction of sp³-hybridized carbons (Fsp3) is 0.636. The SMILES string of the molecule is O=CN1CCN(C(=O)N/C=C/C2CC2)CC1. The first-order chi connectivity index (χ1) is 7.79. The van der Waals surface area contributed by atoms with Crippen molar-refractivity contribution in [1.82, 2.24) is 15.1 Å². The van der Waals surface area contributed by atoms with Gasteiger partial charge in [0, 0.05) is 32.4 Å². The molecule has 0 spiro atoms. The highest BCUT2D eigenvalue weighted by atomic mass is 16.2. The van der Waals surface area contributed by atoms with E-state index in [9.17, 15) is 9.59 Å². The molecule has 0 unspecified atom stereocenters. The van der Waals surface area contributed by atoms with E-state index >= 15 is 0 Å². The van der Waals surface area contributed by atoms with Crippen LogP contribution in [-0.2, 0) is 4.79 Å². The number of hydrogen-bond acceptors (Lipinski definition) is 2. The molecule has 1 aliphatic carbocycles. The Hall–Kier alpha value is -1.52. The average molecular weight is 223 g/mol. The van der Waals surface area contributed by atoms with Gasteiger partial charge >= 0.3 is 6.03 Å². The molecule has 0 aromatic heterocycles. The van der Waals surface area contributed by atoms with Gasteiger partial charge in [-0.2, -0.15) is 0 Å². The Morgan fingerprint density at radius 1 is 1.19 bits per heavy atom. The van der Waals surface area contributed by atoms with Crippen LogP contribution in [0.4, 0.5) is 4.79 Å². The van der Waals surface area contributed by atoms with E-state index < -0.39 is 0 Å². The van der Waals surface area contributed by atoms with Crippen molar-refractivity contribution in [2.45, 2.75) is 12.8 Å². The lowest BCUT2D eigenvalue weighted by molar-refractivity contribution is -0.119. The summed E-state index contributed by atoms with van der Waals surface area (Å²) < 4.78 is 0. The summed E-state index contributed by atoms with van der Waals surface area (Å²) in [4.78, 5) is 25.6. The number of carbonyl (C=O) groups is 2. The molecule has 1 heterocycles. The zero-order chi connectivity index (χ0) is 11.4. The van der Waals surface area contributed by atoms with Crippen LogP contribution >= 0.6 is 0 Å². The molecule has 0 aromatic carbocycles. The zero-order valence-corrected chi connectivity index (χ0v) is 9.26. The van der Waals surface area contributed by atoms with Gasteiger partial charge in [0.25, 0.3) is 0 Å². The highest BCUT2D eigenvalue weighted by Gasteiger charge is 2.20. The van der Waals surface area contributed by atoms with Crippen LogP contribution in [0.5, 0.6) is 0 Å². The van der Waals surface area contributed by atoms with E-state index in [4.69, 9.17) is 0 Å². The Morgan fingerprint density at radius 3 is 2.44 bits per heavy atom. The quantitative estimate of drug-likeness (QED) is 0.704. The van der Waals surface area contributed by atoms with E-state index in [2.05, 4.69) is 5.32 Å². The van der Waals surface area contributed by atoms with Crippen molar-refractivity contribution >= 4 is 12.4 Å². The largest absolute Gasteiger partial charge is 0.342 e. The van der Waals surface area contributed by atoms with Crippen molar-refractivity contribution in [2.24, 2.45) is 5.92 Å². The van der Waals surface area contributed by atoms with Gasteiger partial charge < -0.3 is 15.1 Å². The second kappa shape index (κ2) is 5.01. The Balaban J connectivity index is 1.70. The topological polar surface area (TPSA) is 52.7 Å². The number of amides is 3. The molecule has 5 heteroatoms. The number of rotatable bonds is 3. The number of carbonyl (C=O) groups excluding carboxylic acids is 2. The maximum atomic E-state index is 11.7. The Kier molecular flexibility index (Phi) is 3.44. The van der Waals surface area contributed by atoms with Crippen molar-refractivity contribution < 1.29 is 9.59 Å². The highest BCUT2D eigenvalue weighted by Crippen LogP contribution is 2.29. The first-order valence-electron chi connectivity index (χ1n) is 5.71. The molecular weight excluding hydrogens is 206 g/mol. The number of nitrogens with zero attached hydrogens (tertiary/aromatic N) is 2. The minimum absolute atomic E-state index is 0.0672. The summed E-state index contributed by atoms with van der Waals surface area (Å²) >= 11 is 0. The van der Waals surface area contributed by atoms with E-state index in [-0.39, 0.29) is 6.03 Å². The fourth-order valence-electron chi connectivity index (χ4n) is 1.67. The van der Waals surface area contributed by atoms with Crippen molar-refractivity contribution in [3.05, 3.63) is 12.3 Å². The minimum Gasteiger partial charge on any atom is -0.342 e. The molecule has 3 amide bonds. The summed E-state index contributed by atoms with van der Waals surface area (Å²) in [5, 5.41) is 2.76. The summed E-state index contributed by atoms with van der Waals surface area (Å²) in [6.07, 6.45) is 7.10. The van der Waals surface area contributed by atoms with Crippen LogP contribution in [0.15, 0.2) is 12.3 Å². The Morgan fingerprint density at radius 2 is 1.88 bits per heavy atom. The minimum atomic E-state index is -0.0672. The van der Waals surface area contributed by atoms with Crippen LogP contribution in [0.2, 0.25) is 0 Å². The first kappa shape index (κ1) is 11.0. The van der Waals surface area contributed by atoms with Gasteiger partial charge in [0.15, 0.2) is 0 Å². The third kappa shape index (κ3) is 2.98. The van der Waals surface area contributed by atoms with E-state index in [0.717, 1.165) is 6.41 Å². The molecule has 2 fully saturated rings. The molecule has 2 aliphatic rings. The molecule has 1 saturated carbocycles. The van der Waals surface area contributed by atoms with Crippen LogP contribution in [0.3, 0.4) is 0 Å². The van der Waals surface area contributed by atoms with Crippen molar-refractivity contribution in [1.29, 1.82) is 0 Å². The van der Waals surface area contributed by atoms with Gasteiger partial charge in [-0.05, 0) is 18.8 Å². The number of piperazine rings is 1. The van der Waals surface area contributed by atoms with Gasteiger partial charge in [0.1, 0.15) is 0 Å². The molecule has 16 heavy (non-hydrogen) atoms. The second-order valence-corrected chi connectivity index (χ2v) is 4.27. The molecule has 0 bridgehead atoms. The summed E-state index contributed by atoms with van der Waals surface area (Å²) in [5.74, 6) is 0.673. The van der Waals surface area contributed by atoms with Crippen LogP contribution in [0.1, 0.15) is 12.8 Å². The normalized spacial score (nSPS) is 21.2. The molecule has 0 atom stereocenters. The number of nitrogens with one attached hydrogen (secondary N) is 1. The van der Waals surface area contributed by atoms with Gasteiger partial charge in [-0.3, -0.25) is 4.79 Å². The maximum absolute atomic E-state index is 11.7. The Bertz CT molecular complexity index is 292. The molecule has 0 radical (unpaired) electrons. The van der Waals surface area contributed by atoms with Gasteiger partial charge in [-0.25, -0.2) is 4.79 Å². The lowest BCUT2D eigenvalue weighted by Crippen LogP contribution is -2.50.